The second-order valence-corrected chi connectivity index (χ2v) is 7.55. The molecule has 23 heavy (non-hydrogen) atoms. The summed E-state index contributed by atoms with van der Waals surface area (Å²) in [4.78, 5) is 10.7. The molecule has 0 atom stereocenters. The number of nitrogens with one attached hydrogen (secondary N) is 1. The van der Waals surface area contributed by atoms with Gasteiger partial charge in [0.15, 0.2) is 0 Å². The minimum Gasteiger partial charge on any atom is -0.377 e. The number of nitro benzene ring substituents is 1. The Bertz CT molecular complexity index is 753. The zero-order chi connectivity index (χ0) is 16.4. The molecule has 0 aromatic heterocycles. The van der Waals surface area contributed by atoms with Gasteiger partial charge < -0.3 is 4.74 Å². The smallest absolute Gasteiger partial charge is 0.278 e. The number of hydrogen-bond acceptors (Lipinski definition) is 5. The molecule has 124 valence electrons. The monoisotopic (exact) mass is 338 g/mol. The van der Waals surface area contributed by atoms with E-state index in [2.05, 4.69) is 4.72 Å². The van der Waals surface area contributed by atoms with Crippen LogP contribution in [-0.4, -0.2) is 33.1 Å². The first-order chi connectivity index (χ1) is 11.0. The van der Waals surface area contributed by atoms with Crippen LogP contribution < -0.4 is 4.72 Å². The van der Waals surface area contributed by atoms with Gasteiger partial charge in [-0.3, -0.25) is 10.1 Å². The fraction of sp³-hybridized carbons (Fsp3) is 0.467. The Morgan fingerprint density at radius 3 is 2.74 bits per heavy atom. The van der Waals surface area contributed by atoms with Crippen LogP contribution in [0.2, 0.25) is 0 Å². The van der Waals surface area contributed by atoms with E-state index in [1.807, 2.05) is 0 Å². The Balaban J connectivity index is 1.92. The quantitative estimate of drug-likeness (QED) is 0.632. The molecule has 0 saturated heterocycles. The lowest BCUT2D eigenvalue weighted by molar-refractivity contribution is -0.385. The molecule has 1 aromatic carbocycles. The fourth-order valence-corrected chi connectivity index (χ4v) is 3.64. The van der Waals surface area contributed by atoms with Crippen molar-refractivity contribution in [3.8, 4) is 0 Å². The van der Waals surface area contributed by atoms with Crippen LogP contribution in [0, 0.1) is 16.0 Å². The van der Waals surface area contributed by atoms with Crippen LogP contribution in [0.25, 0.3) is 5.57 Å². The predicted molar refractivity (Wildman–Crippen MR) is 84.4 cm³/mol. The van der Waals surface area contributed by atoms with Crippen molar-refractivity contribution in [1.29, 1.82) is 0 Å². The molecule has 3 rings (SSSR count). The molecule has 0 spiro atoms. The lowest BCUT2D eigenvalue weighted by atomic mass is 10.00. The van der Waals surface area contributed by atoms with Gasteiger partial charge in [-0.05, 0) is 42.9 Å². The van der Waals surface area contributed by atoms with Crippen LogP contribution in [0.15, 0.2) is 29.2 Å². The molecular weight excluding hydrogens is 320 g/mol. The Labute approximate surface area is 134 Å². The van der Waals surface area contributed by atoms with Crippen molar-refractivity contribution >= 4 is 21.3 Å². The van der Waals surface area contributed by atoms with Gasteiger partial charge >= 0.3 is 0 Å². The highest BCUT2D eigenvalue weighted by Crippen LogP contribution is 2.32. The zero-order valence-corrected chi connectivity index (χ0v) is 13.3. The van der Waals surface area contributed by atoms with Gasteiger partial charge in [-0.15, -0.1) is 0 Å². The molecule has 1 saturated carbocycles. The number of hydrogen-bond donors (Lipinski definition) is 1. The normalized spacial score (nSPS) is 18.5. The van der Waals surface area contributed by atoms with E-state index in [0.717, 1.165) is 24.5 Å². The third-order valence-electron chi connectivity index (χ3n) is 4.04. The van der Waals surface area contributed by atoms with Crippen molar-refractivity contribution in [3.05, 3.63) is 40.0 Å². The summed E-state index contributed by atoms with van der Waals surface area (Å²) in [6, 6.07) is 4.08. The summed E-state index contributed by atoms with van der Waals surface area (Å²) in [5, 5.41) is 11.4. The summed E-state index contributed by atoms with van der Waals surface area (Å²) in [6.07, 6.45) is 4.42. The van der Waals surface area contributed by atoms with Crippen LogP contribution in [0.1, 0.15) is 24.8 Å². The number of nitrogens with zero attached hydrogens (tertiary/aromatic N) is 1. The predicted octanol–water partition coefficient (Wildman–Crippen LogP) is 2.09. The number of sulfonamides is 1. The highest BCUT2D eigenvalue weighted by molar-refractivity contribution is 7.89. The van der Waals surface area contributed by atoms with Crippen LogP contribution in [0.3, 0.4) is 0 Å². The fourth-order valence-electron chi connectivity index (χ4n) is 2.51. The summed E-state index contributed by atoms with van der Waals surface area (Å²) in [7, 11) is -3.72. The third kappa shape index (κ3) is 3.77. The maximum atomic E-state index is 12.3. The summed E-state index contributed by atoms with van der Waals surface area (Å²) >= 11 is 0. The first kappa shape index (κ1) is 16.1. The first-order valence-electron chi connectivity index (χ1n) is 7.52. The summed E-state index contributed by atoms with van der Waals surface area (Å²) < 4.78 is 32.2. The number of rotatable bonds is 6. The van der Waals surface area contributed by atoms with Crippen LogP contribution in [0.5, 0.6) is 0 Å². The molecule has 1 heterocycles. The molecular formula is C15H18N2O5S. The van der Waals surface area contributed by atoms with E-state index in [-0.39, 0.29) is 10.6 Å². The molecule has 1 aliphatic carbocycles. The van der Waals surface area contributed by atoms with Crippen LogP contribution >= 0.6 is 0 Å². The van der Waals surface area contributed by atoms with E-state index >= 15 is 0 Å². The van der Waals surface area contributed by atoms with E-state index in [4.69, 9.17) is 4.74 Å². The molecule has 0 bridgehead atoms. The number of benzene rings is 1. The van der Waals surface area contributed by atoms with Crippen molar-refractivity contribution in [2.45, 2.75) is 24.2 Å². The van der Waals surface area contributed by atoms with Crippen molar-refractivity contribution < 1.29 is 18.1 Å². The molecule has 0 unspecified atom stereocenters. The SMILES string of the molecule is O=[N+]([O-])c1cc(S(=O)(=O)NCC2CC2)ccc1C1=CCOCC1. The maximum absolute atomic E-state index is 12.3. The molecule has 1 aromatic rings. The first-order valence-corrected chi connectivity index (χ1v) is 9.01. The standard InChI is InChI=1S/C15H18N2O5S/c18-17(19)15-9-13(23(20,21)16-10-11-1-2-11)3-4-14(15)12-5-7-22-8-6-12/h3-5,9,11,16H,1-2,6-8,10H2. The lowest BCUT2D eigenvalue weighted by Gasteiger charge is -2.14. The van der Waals surface area contributed by atoms with Crippen LogP contribution in [-0.2, 0) is 14.8 Å². The van der Waals surface area contributed by atoms with Crippen molar-refractivity contribution in [1.82, 2.24) is 4.72 Å². The van der Waals surface area contributed by atoms with Crippen LogP contribution in [0.4, 0.5) is 5.69 Å². The average Bonchev–Trinajstić information content (AvgIpc) is 3.37. The van der Waals surface area contributed by atoms with Gasteiger partial charge in [-0.2, -0.15) is 0 Å². The lowest BCUT2D eigenvalue weighted by Crippen LogP contribution is -2.26. The van der Waals surface area contributed by atoms with E-state index in [1.54, 1.807) is 6.08 Å². The van der Waals surface area contributed by atoms with Crippen molar-refractivity contribution in [3.63, 3.8) is 0 Å². The largest absolute Gasteiger partial charge is 0.377 e. The van der Waals surface area contributed by atoms with Gasteiger partial charge in [0.05, 0.1) is 28.6 Å². The van der Waals surface area contributed by atoms with E-state index in [0.29, 0.717) is 37.7 Å². The molecule has 1 N–H and O–H groups in total. The molecule has 1 aliphatic heterocycles. The second kappa shape index (κ2) is 6.38. The topological polar surface area (TPSA) is 98.5 Å². The van der Waals surface area contributed by atoms with E-state index in [1.165, 1.54) is 12.1 Å². The average molecular weight is 338 g/mol. The van der Waals surface area contributed by atoms with Gasteiger partial charge in [0.1, 0.15) is 0 Å². The van der Waals surface area contributed by atoms with E-state index in [9.17, 15) is 18.5 Å². The Morgan fingerprint density at radius 1 is 1.35 bits per heavy atom. The Hall–Kier alpha value is -1.77. The van der Waals surface area contributed by atoms with Gasteiger partial charge in [0.25, 0.3) is 5.69 Å². The Morgan fingerprint density at radius 2 is 2.13 bits per heavy atom. The van der Waals surface area contributed by atoms with Gasteiger partial charge in [0, 0.05) is 12.6 Å². The van der Waals surface area contributed by atoms with Gasteiger partial charge in [0.2, 0.25) is 10.0 Å². The summed E-state index contributed by atoms with van der Waals surface area (Å²) in [5.74, 6) is 0.395. The molecule has 0 radical (unpaired) electrons. The van der Waals surface area contributed by atoms with Gasteiger partial charge in [-0.25, -0.2) is 13.1 Å². The Kier molecular flexibility index (Phi) is 4.47. The minimum absolute atomic E-state index is 0.0683. The third-order valence-corrected chi connectivity index (χ3v) is 5.47. The van der Waals surface area contributed by atoms with E-state index < -0.39 is 14.9 Å². The molecule has 7 nitrogen and oxygen atoms in total. The highest BCUT2D eigenvalue weighted by Gasteiger charge is 2.26. The zero-order valence-electron chi connectivity index (χ0n) is 12.5. The minimum atomic E-state index is -3.72. The maximum Gasteiger partial charge on any atom is 0.278 e. The molecule has 1 fully saturated rings. The summed E-state index contributed by atoms with van der Waals surface area (Å²) in [5.41, 5.74) is 1.09. The molecule has 0 amide bonds. The van der Waals surface area contributed by atoms with Gasteiger partial charge in [-0.1, -0.05) is 6.08 Å². The second-order valence-electron chi connectivity index (χ2n) is 5.79. The summed E-state index contributed by atoms with van der Waals surface area (Å²) in [6.45, 7) is 1.31. The molecule has 8 heteroatoms. The highest BCUT2D eigenvalue weighted by atomic mass is 32.2. The van der Waals surface area contributed by atoms with Crippen molar-refractivity contribution in [2.75, 3.05) is 19.8 Å². The molecule has 2 aliphatic rings. The van der Waals surface area contributed by atoms with Crippen molar-refractivity contribution in [2.24, 2.45) is 5.92 Å². The number of nitro groups is 1. The number of ether oxygens (including phenoxy) is 1.